The van der Waals surface area contributed by atoms with E-state index in [-0.39, 0.29) is 17.3 Å². The molecule has 0 spiro atoms. The summed E-state index contributed by atoms with van der Waals surface area (Å²) in [4.78, 5) is 23.8. The Kier molecular flexibility index (Phi) is 4.86. The highest BCUT2D eigenvalue weighted by molar-refractivity contribution is 5.95. The highest BCUT2D eigenvalue weighted by Gasteiger charge is 2.17. The normalized spacial score (nSPS) is 11.9. The zero-order chi connectivity index (χ0) is 14.6. The number of hydrogen-bond donors (Lipinski definition) is 1. The molecule has 1 rings (SSSR count). The maximum Gasteiger partial charge on any atom is 0.292 e. The van der Waals surface area contributed by atoms with Gasteiger partial charge in [0.05, 0.1) is 4.92 Å². The Balaban J connectivity index is 2.89. The van der Waals surface area contributed by atoms with Crippen molar-refractivity contribution in [1.29, 1.82) is 0 Å². The van der Waals surface area contributed by atoms with E-state index in [1.807, 2.05) is 0 Å². The molecular formula is C13H19N3O3. The second-order valence-corrected chi connectivity index (χ2v) is 4.73. The monoisotopic (exact) mass is 265 g/mol. The van der Waals surface area contributed by atoms with Crippen LogP contribution in [0, 0.1) is 16.0 Å². The quantitative estimate of drug-likeness (QED) is 0.502. The second-order valence-electron chi connectivity index (χ2n) is 4.73. The maximum absolute atomic E-state index is 12.1. The van der Waals surface area contributed by atoms with Gasteiger partial charge in [-0.3, -0.25) is 14.9 Å². The maximum atomic E-state index is 12.1. The summed E-state index contributed by atoms with van der Waals surface area (Å²) in [6, 6.07) is 4.05. The van der Waals surface area contributed by atoms with Gasteiger partial charge >= 0.3 is 0 Å². The minimum absolute atomic E-state index is 0.00721. The topological polar surface area (TPSA) is 89.5 Å². The van der Waals surface area contributed by atoms with Crippen LogP contribution in [0.3, 0.4) is 0 Å². The van der Waals surface area contributed by atoms with Crippen LogP contribution in [0.15, 0.2) is 18.2 Å². The number of nitrogens with zero attached hydrogens (tertiary/aromatic N) is 2. The van der Waals surface area contributed by atoms with Crippen LogP contribution in [-0.4, -0.2) is 29.3 Å². The van der Waals surface area contributed by atoms with Gasteiger partial charge in [-0.15, -0.1) is 0 Å². The van der Waals surface area contributed by atoms with E-state index in [0.717, 1.165) is 6.42 Å². The van der Waals surface area contributed by atoms with Gasteiger partial charge in [0.1, 0.15) is 5.69 Å². The Morgan fingerprint density at radius 3 is 2.63 bits per heavy atom. The molecule has 0 bridgehead atoms. The van der Waals surface area contributed by atoms with Gasteiger partial charge in [-0.2, -0.15) is 0 Å². The first-order valence-electron chi connectivity index (χ1n) is 6.16. The van der Waals surface area contributed by atoms with Crippen molar-refractivity contribution in [2.24, 2.45) is 5.92 Å². The van der Waals surface area contributed by atoms with E-state index >= 15 is 0 Å². The number of amides is 1. The van der Waals surface area contributed by atoms with Crippen molar-refractivity contribution in [3.8, 4) is 0 Å². The molecule has 1 unspecified atom stereocenters. The number of benzene rings is 1. The fourth-order valence-corrected chi connectivity index (χ4v) is 1.75. The fraction of sp³-hybridized carbons (Fsp3) is 0.462. The summed E-state index contributed by atoms with van der Waals surface area (Å²) in [6.07, 6.45) is 0.986. The van der Waals surface area contributed by atoms with E-state index < -0.39 is 4.92 Å². The summed E-state index contributed by atoms with van der Waals surface area (Å²) in [7, 11) is 1.71. The van der Waals surface area contributed by atoms with Crippen LogP contribution in [-0.2, 0) is 0 Å². The van der Waals surface area contributed by atoms with Crippen LogP contribution >= 0.6 is 0 Å². The molecule has 0 saturated heterocycles. The molecule has 1 aromatic rings. The lowest BCUT2D eigenvalue weighted by Crippen LogP contribution is -2.30. The summed E-state index contributed by atoms with van der Waals surface area (Å²) in [5.74, 6) is 0.228. The largest absolute Gasteiger partial charge is 0.393 e. The van der Waals surface area contributed by atoms with E-state index in [0.29, 0.717) is 18.0 Å². The molecule has 0 saturated carbocycles. The molecule has 1 aromatic carbocycles. The van der Waals surface area contributed by atoms with E-state index in [1.54, 1.807) is 11.9 Å². The first-order chi connectivity index (χ1) is 8.86. The van der Waals surface area contributed by atoms with Gasteiger partial charge in [0.25, 0.3) is 11.6 Å². The van der Waals surface area contributed by atoms with Gasteiger partial charge in [-0.05, 0) is 18.1 Å². The molecule has 6 heteroatoms. The molecule has 0 aromatic heterocycles. The molecule has 0 aliphatic rings. The van der Waals surface area contributed by atoms with Gasteiger partial charge in [-0.1, -0.05) is 20.3 Å². The molecule has 0 fully saturated rings. The molecule has 1 amide bonds. The van der Waals surface area contributed by atoms with Crippen molar-refractivity contribution in [3.05, 3.63) is 33.9 Å². The average Bonchev–Trinajstić information content (AvgIpc) is 2.36. The molecule has 104 valence electrons. The molecule has 0 aliphatic heterocycles. The van der Waals surface area contributed by atoms with Crippen molar-refractivity contribution in [1.82, 2.24) is 4.90 Å². The first-order valence-corrected chi connectivity index (χ1v) is 6.16. The molecule has 19 heavy (non-hydrogen) atoms. The average molecular weight is 265 g/mol. The minimum atomic E-state index is -0.563. The van der Waals surface area contributed by atoms with E-state index in [9.17, 15) is 14.9 Å². The number of hydrogen-bond acceptors (Lipinski definition) is 4. The van der Waals surface area contributed by atoms with Crippen LogP contribution < -0.4 is 5.73 Å². The Labute approximate surface area is 112 Å². The lowest BCUT2D eigenvalue weighted by Gasteiger charge is -2.20. The number of nitrogen functional groups attached to an aromatic ring is 1. The number of carbonyl (C=O) groups excluding carboxylic acids is 1. The second kappa shape index (κ2) is 6.17. The standard InChI is InChI=1S/C13H19N3O3/c1-4-9(2)8-15(3)13(17)10-5-6-12(16(18)19)11(14)7-10/h5-7,9H,4,8,14H2,1-3H3. The van der Waals surface area contributed by atoms with Crippen LogP contribution in [0.2, 0.25) is 0 Å². The molecular weight excluding hydrogens is 246 g/mol. The van der Waals surface area contributed by atoms with Crippen LogP contribution in [0.5, 0.6) is 0 Å². The lowest BCUT2D eigenvalue weighted by molar-refractivity contribution is -0.383. The van der Waals surface area contributed by atoms with Crippen LogP contribution in [0.4, 0.5) is 11.4 Å². The van der Waals surface area contributed by atoms with Gasteiger partial charge in [-0.25, -0.2) is 0 Å². The number of nitro benzene ring substituents is 1. The Morgan fingerprint density at radius 1 is 1.53 bits per heavy atom. The summed E-state index contributed by atoms with van der Waals surface area (Å²) in [5.41, 5.74) is 5.77. The molecule has 0 aliphatic carbocycles. The first kappa shape index (κ1) is 14.9. The van der Waals surface area contributed by atoms with E-state index in [2.05, 4.69) is 13.8 Å². The van der Waals surface area contributed by atoms with Crippen molar-refractivity contribution < 1.29 is 9.72 Å². The number of anilines is 1. The van der Waals surface area contributed by atoms with Gasteiger partial charge in [0.2, 0.25) is 0 Å². The summed E-state index contributed by atoms with van der Waals surface area (Å²) in [6.45, 7) is 4.77. The van der Waals surface area contributed by atoms with Crippen LogP contribution in [0.25, 0.3) is 0 Å². The molecule has 2 N–H and O–H groups in total. The third kappa shape index (κ3) is 3.67. The number of nitro groups is 1. The van der Waals surface area contributed by atoms with E-state index in [4.69, 9.17) is 5.73 Å². The molecule has 0 radical (unpaired) electrons. The van der Waals surface area contributed by atoms with Crippen molar-refractivity contribution >= 4 is 17.3 Å². The fourth-order valence-electron chi connectivity index (χ4n) is 1.75. The Hall–Kier alpha value is -2.11. The number of rotatable bonds is 5. The van der Waals surface area contributed by atoms with Crippen LogP contribution in [0.1, 0.15) is 30.6 Å². The Morgan fingerprint density at radius 2 is 2.16 bits per heavy atom. The zero-order valence-corrected chi connectivity index (χ0v) is 11.4. The predicted molar refractivity (Wildman–Crippen MR) is 73.9 cm³/mol. The summed E-state index contributed by atoms with van der Waals surface area (Å²) < 4.78 is 0. The zero-order valence-electron chi connectivity index (χ0n) is 11.4. The van der Waals surface area contributed by atoms with Gasteiger partial charge in [0.15, 0.2) is 0 Å². The number of carbonyl (C=O) groups is 1. The number of nitrogens with two attached hydrogens (primary N) is 1. The van der Waals surface area contributed by atoms with E-state index in [1.165, 1.54) is 18.2 Å². The summed E-state index contributed by atoms with van der Waals surface area (Å²) in [5, 5.41) is 10.7. The molecule has 6 nitrogen and oxygen atoms in total. The third-order valence-electron chi connectivity index (χ3n) is 3.10. The minimum Gasteiger partial charge on any atom is -0.393 e. The lowest BCUT2D eigenvalue weighted by atomic mass is 10.1. The predicted octanol–water partition coefficient (Wildman–Crippen LogP) is 2.30. The highest BCUT2D eigenvalue weighted by Crippen LogP contribution is 2.22. The molecule has 1 atom stereocenters. The van der Waals surface area contributed by atoms with Crippen molar-refractivity contribution in [2.45, 2.75) is 20.3 Å². The molecule has 0 heterocycles. The Bertz CT molecular complexity index is 488. The van der Waals surface area contributed by atoms with Gasteiger partial charge < -0.3 is 10.6 Å². The smallest absolute Gasteiger partial charge is 0.292 e. The van der Waals surface area contributed by atoms with Gasteiger partial charge in [0, 0.05) is 25.2 Å². The third-order valence-corrected chi connectivity index (χ3v) is 3.10. The SMILES string of the molecule is CCC(C)CN(C)C(=O)c1ccc([N+](=O)[O-])c(N)c1. The van der Waals surface area contributed by atoms with Crippen molar-refractivity contribution in [3.63, 3.8) is 0 Å². The highest BCUT2D eigenvalue weighted by atomic mass is 16.6. The van der Waals surface area contributed by atoms with Crippen molar-refractivity contribution in [2.75, 3.05) is 19.3 Å². The summed E-state index contributed by atoms with van der Waals surface area (Å²) >= 11 is 0.